The molecule has 0 bridgehead atoms. The highest BCUT2D eigenvalue weighted by Crippen LogP contribution is 2.39. The van der Waals surface area contributed by atoms with Crippen molar-refractivity contribution in [2.75, 3.05) is 12.3 Å². The second-order valence-electron chi connectivity index (χ2n) is 9.25. The van der Waals surface area contributed by atoms with Gasteiger partial charge in [-0.15, -0.1) is 0 Å². The Morgan fingerprint density at radius 3 is 2.16 bits per heavy atom. The first-order valence-corrected chi connectivity index (χ1v) is 12.3. The first-order valence-electron chi connectivity index (χ1n) is 12.3. The van der Waals surface area contributed by atoms with Crippen LogP contribution in [0.25, 0.3) is 10.9 Å². The van der Waals surface area contributed by atoms with E-state index in [2.05, 4.69) is 9.97 Å². The SMILES string of the molecule is CCOC(=O)C(CCC(F)F)(CCC(F)F)c1ccc2nc(N)nc(C(=O)N3Cc4ccccc4C3)c2c1. The van der Waals surface area contributed by atoms with E-state index in [0.29, 0.717) is 18.6 Å². The number of hydrogen-bond acceptors (Lipinski definition) is 6. The van der Waals surface area contributed by atoms with Gasteiger partial charge >= 0.3 is 5.97 Å². The lowest BCUT2D eigenvalue weighted by atomic mass is 9.72. The van der Waals surface area contributed by atoms with Crippen molar-refractivity contribution in [1.29, 1.82) is 0 Å². The molecule has 11 heteroatoms. The van der Waals surface area contributed by atoms with Gasteiger partial charge in [0.05, 0.1) is 17.5 Å². The first-order chi connectivity index (χ1) is 18.1. The monoisotopic (exact) mass is 532 g/mol. The van der Waals surface area contributed by atoms with Gasteiger partial charge in [-0.25, -0.2) is 27.5 Å². The first kappa shape index (κ1) is 27.3. The van der Waals surface area contributed by atoms with Crippen LogP contribution < -0.4 is 5.73 Å². The van der Waals surface area contributed by atoms with E-state index in [9.17, 15) is 27.2 Å². The van der Waals surface area contributed by atoms with Crippen molar-refractivity contribution in [2.24, 2.45) is 0 Å². The molecule has 1 aromatic heterocycles. The molecule has 0 fully saturated rings. The summed E-state index contributed by atoms with van der Waals surface area (Å²) >= 11 is 0. The van der Waals surface area contributed by atoms with E-state index in [4.69, 9.17) is 10.5 Å². The van der Waals surface area contributed by atoms with E-state index < -0.39 is 55.8 Å². The average molecular weight is 533 g/mol. The third-order valence-corrected chi connectivity index (χ3v) is 6.84. The lowest BCUT2D eigenvalue weighted by Crippen LogP contribution is -2.39. The predicted molar refractivity (Wildman–Crippen MR) is 133 cm³/mol. The van der Waals surface area contributed by atoms with Crippen LogP contribution in [0.5, 0.6) is 0 Å². The maximum absolute atomic E-state index is 13.6. The number of nitrogens with zero attached hydrogens (tertiary/aromatic N) is 3. The van der Waals surface area contributed by atoms with Crippen LogP contribution in [0.4, 0.5) is 23.5 Å². The molecular weight excluding hydrogens is 504 g/mol. The van der Waals surface area contributed by atoms with Crippen LogP contribution >= 0.6 is 0 Å². The molecule has 0 saturated carbocycles. The summed E-state index contributed by atoms with van der Waals surface area (Å²) in [6.07, 6.45) is -7.74. The molecule has 2 N–H and O–H groups in total. The molecule has 2 heterocycles. The van der Waals surface area contributed by atoms with Gasteiger partial charge in [-0.1, -0.05) is 30.3 Å². The number of carbonyl (C=O) groups excluding carboxylic acids is 2. The number of fused-ring (bicyclic) bond motifs is 2. The molecule has 1 aliphatic heterocycles. The molecule has 3 aromatic rings. The molecule has 0 spiro atoms. The molecule has 0 radical (unpaired) electrons. The fourth-order valence-corrected chi connectivity index (χ4v) is 4.95. The number of esters is 1. The Kier molecular flexibility index (Phi) is 8.13. The van der Waals surface area contributed by atoms with Gasteiger partial charge in [0.1, 0.15) is 5.69 Å². The van der Waals surface area contributed by atoms with Crippen molar-refractivity contribution in [3.63, 3.8) is 0 Å². The van der Waals surface area contributed by atoms with E-state index in [-0.39, 0.29) is 29.2 Å². The van der Waals surface area contributed by atoms with Gasteiger partial charge in [-0.05, 0) is 48.6 Å². The zero-order valence-corrected chi connectivity index (χ0v) is 20.8. The summed E-state index contributed by atoms with van der Waals surface area (Å²) in [5.41, 5.74) is 6.54. The molecule has 0 saturated heterocycles. The van der Waals surface area contributed by atoms with E-state index >= 15 is 0 Å². The number of alkyl halides is 4. The Bertz CT molecular complexity index is 1300. The number of amides is 1. The Morgan fingerprint density at radius 2 is 1.61 bits per heavy atom. The number of rotatable bonds is 10. The van der Waals surface area contributed by atoms with E-state index in [1.54, 1.807) is 11.8 Å². The van der Waals surface area contributed by atoms with Gasteiger partial charge in [0.25, 0.3) is 5.91 Å². The molecule has 7 nitrogen and oxygen atoms in total. The summed E-state index contributed by atoms with van der Waals surface area (Å²) in [6, 6.07) is 12.0. The van der Waals surface area contributed by atoms with Gasteiger partial charge in [-0.2, -0.15) is 0 Å². The number of ether oxygens (including phenoxy) is 1. The highest BCUT2D eigenvalue weighted by atomic mass is 19.3. The van der Waals surface area contributed by atoms with Crippen molar-refractivity contribution in [3.8, 4) is 0 Å². The van der Waals surface area contributed by atoms with Crippen molar-refractivity contribution >= 4 is 28.7 Å². The highest BCUT2D eigenvalue weighted by Gasteiger charge is 2.43. The third kappa shape index (κ3) is 5.56. The molecule has 0 unspecified atom stereocenters. The topological polar surface area (TPSA) is 98.4 Å². The Hall–Kier alpha value is -3.76. The number of halogens is 4. The van der Waals surface area contributed by atoms with E-state index in [1.807, 2.05) is 24.3 Å². The van der Waals surface area contributed by atoms with Gasteiger partial charge in [0.15, 0.2) is 0 Å². The van der Waals surface area contributed by atoms with Gasteiger partial charge < -0.3 is 15.4 Å². The molecule has 1 amide bonds. The van der Waals surface area contributed by atoms with Gasteiger partial charge in [0.2, 0.25) is 18.8 Å². The summed E-state index contributed by atoms with van der Waals surface area (Å²) in [5, 5.41) is 0.237. The quantitative estimate of drug-likeness (QED) is 0.283. The van der Waals surface area contributed by atoms with Crippen LogP contribution in [0.1, 0.15) is 59.8 Å². The highest BCUT2D eigenvalue weighted by molar-refractivity contribution is 6.05. The summed E-state index contributed by atoms with van der Waals surface area (Å²) < 4.78 is 58.4. The number of anilines is 1. The number of benzene rings is 2. The van der Waals surface area contributed by atoms with Crippen LogP contribution in [-0.4, -0.2) is 46.2 Å². The summed E-state index contributed by atoms with van der Waals surface area (Å²) in [4.78, 5) is 36.7. The van der Waals surface area contributed by atoms with Crippen molar-refractivity contribution < 1.29 is 31.9 Å². The maximum atomic E-state index is 13.6. The summed E-state index contributed by atoms with van der Waals surface area (Å²) in [5.74, 6) is -1.45. The van der Waals surface area contributed by atoms with Crippen molar-refractivity contribution in [2.45, 2.75) is 64.0 Å². The summed E-state index contributed by atoms with van der Waals surface area (Å²) in [7, 11) is 0. The lowest BCUT2D eigenvalue weighted by Gasteiger charge is -2.32. The fourth-order valence-electron chi connectivity index (χ4n) is 4.95. The largest absolute Gasteiger partial charge is 0.465 e. The smallest absolute Gasteiger partial charge is 0.316 e. The standard InChI is InChI=1S/C27H28F4N4O3/c1-2-38-25(37)27(11-9-21(28)29,12-10-22(30)31)18-7-8-20-19(13-18)23(34-26(32)33-20)24(36)35-14-16-5-3-4-6-17(16)15-35/h3-8,13,21-22H,2,9-12,14-15H2,1H3,(H2,32,33,34). The zero-order chi connectivity index (χ0) is 27.4. The molecule has 38 heavy (non-hydrogen) atoms. The summed E-state index contributed by atoms with van der Waals surface area (Å²) in [6.45, 7) is 2.20. The minimum absolute atomic E-state index is 0.0253. The van der Waals surface area contributed by atoms with Crippen LogP contribution in [0.3, 0.4) is 0 Å². The average Bonchev–Trinajstić information content (AvgIpc) is 3.32. The van der Waals surface area contributed by atoms with E-state index in [1.165, 1.54) is 18.2 Å². The number of nitrogen functional groups attached to an aromatic ring is 1. The second-order valence-corrected chi connectivity index (χ2v) is 9.25. The van der Waals surface area contributed by atoms with Crippen LogP contribution in [-0.2, 0) is 28.0 Å². The maximum Gasteiger partial charge on any atom is 0.316 e. The fraction of sp³-hybridized carbons (Fsp3) is 0.407. The zero-order valence-electron chi connectivity index (χ0n) is 20.8. The Morgan fingerprint density at radius 1 is 1.00 bits per heavy atom. The van der Waals surface area contributed by atoms with Crippen LogP contribution in [0.15, 0.2) is 42.5 Å². The number of carbonyl (C=O) groups is 2. The minimum Gasteiger partial charge on any atom is -0.465 e. The number of nitrogens with two attached hydrogens (primary N) is 1. The molecule has 1 aliphatic rings. The lowest BCUT2D eigenvalue weighted by molar-refractivity contribution is -0.151. The molecule has 2 aromatic carbocycles. The number of hydrogen-bond donors (Lipinski definition) is 1. The number of aromatic nitrogens is 2. The van der Waals surface area contributed by atoms with Gasteiger partial charge in [0, 0.05) is 31.3 Å². The second kappa shape index (κ2) is 11.3. The Labute approximate surface area is 217 Å². The van der Waals surface area contributed by atoms with Crippen LogP contribution in [0, 0.1) is 0 Å². The normalized spacial score (nSPS) is 13.4. The minimum atomic E-state index is -2.76. The molecule has 0 aliphatic carbocycles. The van der Waals surface area contributed by atoms with Crippen molar-refractivity contribution in [1.82, 2.24) is 14.9 Å². The molecule has 202 valence electrons. The molecule has 4 rings (SSSR count). The third-order valence-electron chi connectivity index (χ3n) is 6.84. The van der Waals surface area contributed by atoms with Gasteiger partial charge in [-0.3, -0.25) is 9.59 Å². The van der Waals surface area contributed by atoms with E-state index in [0.717, 1.165) is 11.1 Å². The Balaban J connectivity index is 1.82. The van der Waals surface area contributed by atoms with Crippen molar-refractivity contribution in [3.05, 3.63) is 64.8 Å². The predicted octanol–water partition coefficient (Wildman–Crippen LogP) is 5.26. The molecular formula is C27H28F4N4O3. The van der Waals surface area contributed by atoms with Crippen LogP contribution in [0.2, 0.25) is 0 Å². The molecule has 0 atom stereocenters.